The zero-order valence-electron chi connectivity index (χ0n) is 11.6. The number of carbonyl (C=O) groups is 1. The molecule has 2 aromatic rings. The Hall–Kier alpha value is -2.43. The summed E-state index contributed by atoms with van der Waals surface area (Å²) in [6.45, 7) is 2.10. The van der Waals surface area contributed by atoms with E-state index in [0.717, 1.165) is 17.7 Å². The van der Waals surface area contributed by atoms with Crippen molar-refractivity contribution in [2.24, 2.45) is 0 Å². The molecule has 0 aromatic heterocycles. The first kappa shape index (κ1) is 15.0. The quantitative estimate of drug-likeness (QED) is 0.888. The monoisotopic (exact) mass is 290 g/mol. The van der Waals surface area contributed by atoms with Gasteiger partial charge in [0, 0.05) is 6.54 Å². The second kappa shape index (κ2) is 6.83. The molecular formula is C16H16F2N2O. The lowest BCUT2D eigenvalue weighted by Gasteiger charge is -2.15. The number of hydrogen-bond acceptors (Lipinski definition) is 1. The highest BCUT2D eigenvalue weighted by Gasteiger charge is 2.11. The average Bonchev–Trinajstić information content (AvgIpc) is 2.49. The van der Waals surface area contributed by atoms with Crippen molar-refractivity contribution < 1.29 is 13.6 Å². The van der Waals surface area contributed by atoms with Gasteiger partial charge in [-0.05, 0) is 30.2 Å². The predicted molar refractivity (Wildman–Crippen MR) is 76.6 cm³/mol. The first-order valence-electron chi connectivity index (χ1n) is 6.59. The van der Waals surface area contributed by atoms with Crippen LogP contribution in [0.1, 0.15) is 24.1 Å². The minimum absolute atomic E-state index is 0.365. The first-order valence-corrected chi connectivity index (χ1v) is 6.59. The molecule has 0 saturated heterocycles. The Bertz CT molecular complexity index is 617. The number of amides is 2. The fourth-order valence-corrected chi connectivity index (χ4v) is 1.89. The number of rotatable bonds is 4. The van der Waals surface area contributed by atoms with E-state index in [0.29, 0.717) is 12.1 Å². The molecule has 0 fully saturated rings. The largest absolute Gasteiger partial charge is 0.334 e. The highest BCUT2D eigenvalue weighted by atomic mass is 19.2. The van der Waals surface area contributed by atoms with E-state index in [-0.39, 0.29) is 6.03 Å². The Labute approximate surface area is 122 Å². The van der Waals surface area contributed by atoms with E-state index in [1.54, 1.807) is 6.92 Å². The minimum Gasteiger partial charge on any atom is -0.334 e. The average molecular weight is 290 g/mol. The van der Waals surface area contributed by atoms with Crippen molar-refractivity contribution in [2.45, 2.75) is 19.5 Å². The van der Waals surface area contributed by atoms with Gasteiger partial charge in [0.1, 0.15) is 0 Å². The summed E-state index contributed by atoms with van der Waals surface area (Å²) in [4.78, 5) is 11.8. The molecule has 2 amide bonds. The summed E-state index contributed by atoms with van der Waals surface area (Å²) >= 11 is 0. The molecule has 21 heavy (non-hydrogen) atoms. The van der Waals surface area contributed by atoms with Crippen molar-refractivity contribution in [3.63, 3.8) is 0 Å². The molecule has 0 spiro atoms. The van der Waals surface area contributed by atoms with E-state index in [9.17, 15) is 13.6 Å². The van der Waals surface area contributed by atoms with Crippen molar-refractivity contribution in [3.8, 4) is 0 Å². The van der Waals surface area contributed by atoms with Gasteiger partial charge in [0.2, 0.25) is 0 Å². The Morgan fingerprint density at radius 1 is 1.10 bits per heavy atom. The Kier molecular flexibility index (Phi) is 4.87. The van der Waals surface area contributed by atoms with Crippen LogP contribution in [0.3, 0.4) is 0 Å². The number of halogens is 2. The molecule has 5 heteroatoms. The van der Waals surface area contributed by atoms with Crippen LogP contribution in [0.25, 0.3) is 0 Å². The van der Waals surface area contributed by atoms with Crippen LogP contribution in [-0.4, -0.2) is 6.03 Å². The second-order valence-electron chi connectivity index (χ2n) is 4.71. The molecule has 0 radical (unpaired) electrons. The van der Waals surface area contributed by atoms with Crippen molar-refractivity contribution in [1.29, 1.82) is 0 Å². The van der Waals surface area contributed by atoms with Crippen LogP contribution >= 0.6 is 0 Å². The maximum absolute atomic E-state index is 13.1. The van der Waals surface area contributed by atoms with Crippen molar-refractivity contribution >= 4 is 6.03 Å². The normalized spacial score (nSPS) is 11.8. The van der Waals surface area contributed by atoms with Gasteiger partial charge in [0.25, 0.3) is 0 Å². The van der Waals surface area contributed by atoms with Crippen LogP contribution in [0.5, 0.6) is 0 Å². The smallest absolute Gasteiger partial charge is 0.315 e. The molecule has 1 atom stereocenters. The number of hydrogen-bond donors (Lipinski definition) is 2. The van der Waals surface area contributed by atoms with Crippen LogP contribution in [-0.2, 0) is 6.54 Å². The summed E-state index contributed by atoms with van der Waals surface area (Å²) in [7, 11) is 0. The minimum atomic E-state index is -0.925. The van der Waals surface area contributed by atoms with E-state index in [1.165, 1.54) is 6.07 Å². The second-order valence-corrected chi connectivity index (χ2v) is 4.71. The van der Waals surface area contributed by atoms with E-state index in [4.69, 9.17) is 0 Å². The Morgan fingerprint density at radius 3 is 2.48 bits per heavy atom. The summed E-state index contributed by atoms with van der Waals surface area (Å²) in [5.41, 5.74) is 1.48. The van der Waals surface area contributed by atoms with E-state index in [1.807, 2.05) is 30.3 Å². The summed E-state index contributed by atoms with van der Waals surface area (Å²) in [6, 6.07) is 12.3. The fraction of sp³-hybridized carbons (Fsp3) is 0.188. The third-order valence-corrected chi connectivity index (χ3v) is 3.09. The molecule has 3 nitrogen and oxygen atoms in total. The number of nitrogens with one attached hydrogen (secondary N) is 2. The van der Waals surface area contributed by atoms with Crippen LogP contribution in [0, 0.1) is 11.6 Å². The van der Waals surface area contributed by atoms with Gasteiger partial charge >= 0.3 is 6.03 Å². The van der Waals surface area contributed by atoms with E-state index < -0.39 is 17.7 Å². The lowest BCUT2D eigenvalue weighted by Crippen LogP contribution is -2.36. The third kappa shape index (κ3) is 4.27. The zero-order valence-corrected chi connectivity index (χ0v) is 11.6. The third-order valence-electron chi connectivity index (χ3n) is 3.09. The van der Waals surface area contributed by atoms with Crippen LogP contribution in [0.15, 0.2) is 48.5 Å². The van der Waals surface area contributed by atoms with Gasteiger partial charge in [-0.15, -0.1) is 0 Å². The summed E-state index contributed by atoms with van der Waals surface area (Å²) in [6.07, 6.45) is 0. The van der Waals surface area contributed by atoms with Crippen LogP contribution < -0.4 is 10.6 Å². The SMILES string of the molecule is CC(NC(=O)NCc1ccccc1)c1ccc(F)c(F)c1. The van der Waals surface area contributed by atoms with Gasteiger partial charge in [0.05, 0.1) is 6.04 Å². The fourth-order valence-electron chi connectivity index (χ4n) is 1.89. The van der Waals surface area contributed by atoms with Gasteiger partial charge in [-0.3, -0.25) is 0 Å². The lowest BCUT2D eigenvalue weighted by molar-refractivity contribution is 0.237. The highest BCUT2D eigenvalue weighted by molar-refractivity contribution is 5.74. The topological polar surface area (TPSA) is 41.1 Å². The summed E-state index contributed by atoms with van der Waals surface area (Å²) in [5, 5.41) is 5.38. The molecule has 0 bridgehead atoms. The summed E-state index contributed by atoms with van der Waals surface area (Å²) < 4.78 is 26.0. The molecule has 2 aromatic carbocycles. The van der Waals surface area contributed by atoms with Gasteiger partial charge < -0.3 is 10.6 Å². The molecule has 2 rings (SSSR count). The van der Waals surface area contributed by atoms with E-state index >= 15 is 0 Å². The molecule has 1 unspecified atom stereocenters. The van der Waals surface area contributed by atoms with Gasteiger partial charge in [-0.2, -0.15) is 0 Å². The van der Waals surface area contributed by atoms with Crippen molar-refractivity contribution in [3.05, 3.63) is 71.3 Å². The highest BCUT2D eigenvalue weighted by Crippen LogP contribution is 2.15. The van der Waals surface area contributed by atoms with Gasteiger partial charge in [0.15, 0.2) is 11.6 Å². The Balaban J connectivity index is 1.88. The molecule has 2 N–H and O–H groups in total. The van der Waals surface area contributed by atoms with Crippen LogP contribution in [0.2, 0.25) is 0 Å². The zero-order chi connectivity index (χ0) is 15.2. The molecule has 110 valence electrons. The molecule has 0 aliphatic heterocycles. The molecule has 0 aliphatic carbocycles. The molecule has 0 heterocycles. The molecule has 0 saturated carbocycles. The number of urea groups is 1. The number of carbonyl (C=O) groups excluding carboxylic acids is 1. The molecule has 0 aliphatic rings. The van der Waals surface area contributed by atoms with Gasteiger partial charge in [-0.1, -0.05) is 36.4 Å². The maximum atomic E-state index is 13.1. The van der Waals surface area contributed by atoms with Gasteiger partial charge in [-0.25, -0.2) is 13.6 Å². The predicted octanol–water partition coefficient (Wildman–Crippen LogP) is 3.53. The van der Waals surface area contributed by atoms with E-state index in [2.05, 4.69) is 10.6 Å². The van der Waals surface area contributed by atoms with Crippen LogP contribution in [0.4, 0.5) is 13.6 Å². The first-order chi connectivity index (χ1) is 10.1. The summed E-state index contributed by atoms with van der Waals surface area (Å²) in [5.74, 6) is -1.83. The standard InChI is InChI=1S/C16H16F2N2O/c1-11(13-7-8-14(17)15(18)9-13)20-16(21)19-10-12-5-3-2-4-6-12/h2-9,11H,10H2,1H3,(H2,19,20,21). The van der Waals surface area contributed by atoms with Crippen molar-refractivity contribution in [1.82, 2.24) is 10.6 Å². The number of benzene rings is 2. The maximum Gasteiger partial charge on any atom is 0.315 e. The Morgan fingerprint density at radius 2 is 1.81 bits per heavy atom. The van der Waals surface area contributed by atoms with Crippen molar-refractivity contribution in [2.75, 3.05) is 0 Å². The molecular weight excluding hydrogens is 274 g/mol. The lowest BCUT2D eigenvalue weighted by atomic mass is 10.1.